The summed E-state index contributed by atoms with van der Waals surface area (Å²) in [5.74, 6) is 1.88. The summed E-state index contributed by atoms with van der Waals surface area (Å²) < 4.78 is 4.97. The summed E-state index contributed by atoms with van der Waals surface area (Å²) in [5, 5.41) is 6.58. The fourth-order valence-corrected chi connectivity index (χ4v) is 2.69. The topological polar surface area (TPSA) is 84.2 Å². The van der Waals surface area contributed by atoms with Gasteiger partial charge in [-0.1, -0.05) is 12.1 Å². The van der Waals surface area contributed by atoms with Gasteiger partial charge in [-0.05, 0) is 25.8 Å². The second kappa shape index (κ2) is 6.45. The fraction of sp³-hybridized carbons (Fsp3) is 0.500. The van der Waals surface area contributed by atoms with Crippen LogP contribution >= 0.6 is 0 Å². The lowest BCUT2D eigenvalue weighted by Gasteiger charge is -2.32. The van der Waals surface area contributed by atoms with Crippen molar-refractivity contribution in [2.45, 2.75) is 46.2 Å². The highest BCUT2D eigenvalue weighted by Crippen LogP contribution is 2.19. The number of rotatable bonds is 4. The van der Waals surface area contributed by atoms with Gasteiger partial charge in [-0.15, -0.1) is 0 Å². The molecule has 1 aliphatic rings. The van der Waals surface area contributed by atoms with Crippen LogP contribution in [-0.4, -0.2) is 38.5 Å². The number of aryl methyl sites for hydroxylation is 2. The van der Waals surface area contributed by atoms with Gasteiger partial charge >= 0.3 is 0 Å². The fourth-order valence-electron chi connectivity index (χ4n) is 2.69. The van der Waals surface area contributed by atoms with Crippen molar-refractivity contribution in [2.24, 2.45) is 0 Å². The van der Waals surface area contributed by atoms with Crippen LogP contribution in [0.4, 0.5) is 5.82 Å². The lowest BCUT2D eigenvalue weighted by Crippen LogP contribution is -2.45. The van der Waals surface area contributed by atoms with Crippen LogP contribution in [-0.2, 0) is 24.2 Å². The first-order chi connectivity index (χ1) is 11.1. The molecule has 23 heavy (non-hydrogen) atoms. The molecule has 122 valence electrons. The summed E-state index contributed by atoms with van der Waals surface area (Å²) in [6, 6.07) is 1.44. The number of carbonyl (C=O) groups is 1. The van der Waals surface area contributed by atoms with Crippen LogP contribution < -0.4 is 5.32 Å². The van der Waals surface area contributed by atoms with Gasteiger partial charge in [0.1, 0.15) is 11.6 Å². The molecule has 7 heteroatoms. The second-order valence-electron chi connectivity index (χ2n) is 5.82. The van der Waals surface area contributed by atoms with Crippen molar-refractivity contribution in [3.63, 3.8) is 0 Å². The van der Waals surface area contributed by atoms with Crippen molar-refractivity contribution in [2.75, 3.05) is 11.9 Å². The highest BCUT2D eigenvalue weighted by atomic mass is 16.5. The molecule has 2 aromatic heterocycles. The molecule has 1 atom stereocenters. The van der Waals surface area contributed by atoms with Gasteiger partial charge in [0.05, 0.1) is 11.7 Å². The molecule has 0 unspecified atom stereocenters. The van der Waals surface area contributed by atoms with Crippen molar-refractivity contribution in [3.8, 4) is 0 Å². The number of carbonyl (C=O) groups excluding carboxylic acids is 1. The Labute approximate surface area is 135 Å². The Kier molecular flexibility index (Phi) is 4.38. The Balaban J connectivity index is 1.68. The minimum atomic E-state index is -0.264. The summed E-state index contributed by atoms with van der Waals surface area (Å²) in [5.41, 5.74) is 2.21. The Morgan fingerprint density at radius 1 is 1.52 bits per heavy atom. The highest BCUT2D eigenvalue weighted by molar-refractivity contribution is 5.93. The summed E-state index contributed by atoms with van der Waals surface area (Å²) in [4.78, 5) is 23.5. The van der Waals surface area contributed by atoms with E-state index in [0.717, 1.165) is 30.9 Å². The molecule has 0 bridgehead atoms. The van der Waals surface area contributed by atoms with Crippen LogP contribution in [0.2, 0.25) is 0 Å². The molecule has 7 nitrogen and oxygen atoms in total. The van der Waals surface area contributed by atoms with E-state index >= 15 is 0 Å². The number of aromatic nitrogens is 3. The summed E-state index contributed by atoms with van der Waals surface area (Å²) in [6.07, 6.45) is 3.59. The maximum atomic E-state index is 12.4. The molecule has 0 radical (unpaired) electrons. The molecule has 0 aromatic carbocycles. The molecular weight excluding hydrogens is 294 g/mol. The molecule has 0 fully saturated rings. The average Bonchev–Trinajstić information content (AvgIpc) is 2.97. The number of hydrogen-bond donors (Lipinski definition) is 1. The third-order valence-corrected chi connectivity index (χ3v) is 4.15. The summed E-state index contributed by atoms with van der Waals surface area (Å²) in [7, 11) is 0. The SMILES string of the molecule is CCc1ncc2c(n1)CN([C@H](C)C(=O)Nc1cc(C)on1)CC2. The molecule has 1 amide bonds. The molecule has 0 saturated carbocycles. The maximum Gasteiger partial charge on any atom is 0.242 e. The Morgan fingerprint density at radius 3 is 3.04 bits per heavy atom. The van der Waals surface area contributed by atoms with E-state index in [4.69, 9.17) is 4.52 Å². The number of anilines is 1. The van der Waals surface area contributed by atoms with E-state index in [9.17, 15) is 4.79 Å². The molecule has 2 aromatic rings. The van der Waals surface area contributed by atoms with Gasteiger partial charge in [0, 0.05) is 31.8 Å². The van der Waals surface area contributed by atoms with Crippen LogP contribution in [0.3, 0.4) is 0 Å². The van der Waals surface area contributed by atoms with Crippen molar-refractivity contribution >= 4 is 11.7 Å². The van der Waals surface area contributed by atoms with Crippen molar-refractivity contribution < 1.29 is 9.32 Å². The zero-order chi connectivity index (χ0) is 16.4. The zero-order valence-electron chi connectivity index (χ0n) is 13.7. The van der Waals surface area contributed by atoms with Crippen LogP contribution in [0, 0.1) is 6.92 Å². The molecular formula is C16H21N5O2. The predicted molar refractivity (Wildman–Crippen MR) is 84.9 cm³/mol. The molecule has 1 aliphatic heterocycles. The van der Waals surface area contributed by atoms with Gasteiger partial charge in [0.15, 0.2) is 5.82 Å². The number of fused-ring (bicyclic) bond motifs is 1. The number of nitrogens with one attached hydrogen (secondary N) is 1. The number of amides is 1. The van der Waals surface area contributed by atoms with E-state index in [1.165, 1.54) is 5.56 Å². The smallest absolute Gasteiger partial charge is 0.242 e. The molecule has 0 spiro atoms. The predicted octanol–water partition coefficient (Wildman–Crippen LogP) is 1.72. The lowest BCUT2D eigenvalue weighted by molar-refractivity contribution is -0.121. The Morgan fingerprint density at radius 2 is 2.35 bits per heavy atom. The van der Waals surface area contributed by atoms with Crippen molar-refractivity contribution in [1.29, 1.82) is 0 Å². The minimum Gasteiger partial charge on any atom is -0.360 e. The van der Waals surface area contributed by atoms with E-state index in [1.807, 2.05) is 20.0 Å². The maximum absolute atomic E-state index is 12.4. The number of hydrogen-bond acceptors (Lipinski definition) is 6. The van der Waals surface area contributed by atoms with Gasteiger partial charge in [0.2, 0.25) is 5.91 Å². The first kappa shape index (κ1) is 15.6. The lowest BCUT2D eigenvalue weighted by atomic mass is 10.0. The van der Waals surface area contributed by atoms with Crippen LogP contribution in [0.5, 0.6) is 0 Å². The van der Waals surface area contributed by atoms with Crippen molar-refractivity contribution in [1.82, 2.24) is 20.0 Å². The monoisotopic (exact) mass is 315 g/mol. The van der Waals surface area contributed by atoms with E-state index in [0.29, 0.717) is 18.1 Å². The molecule has 0 saturated heterocycles. The van der Waals surface area contributed by atoms with Crippen molar-refractivity contribution in [3.05, 3.63) is 35.1 Å². The first-order valence-electron chi connectivity index (χ1n) is 7.88. The normalized spacial score (nSPS) is 16.0. The third kappa shape index (κ3) is 3.39. The van der Waals surface area contributed by atoms with Gasteiger partial charge in [-0.3, -0.25) is 9.69 Å². The molecule has 0 aliphatic carbocycles. The van der Waals surface area contributed by atoms with E-state index < -0.39 is 0 Å². The average molecular weight is 315 g/mol. The van der Waals surface area contributed by atoms with Gasteiger partial charge < -0.3 is 9.84 Å². The summed E-state index contributed by atoms with van der Waals surface area (Å²) >= 11 is 0. The quantitative estimate of drug-likeness (QED) is 0.925. The van der Waals surface area contributed by atoms with Gasteiger partial charge in [-0.25, -0.2) is 9.97 Å². The highest BCUT2D eigenvalue weighted by Gasteiger charge is 2.27. The van der Waals surface area contributed by atoms with Gasteiger partial charge in [0.25, 0.3) is 0 Å². The van der Waals surface area contributed by atoms with Crippen LogP contribution in [0.15, 0.2) is 16.8 Å². The summed E-state index contributed by atoms with van der Waals surface area (Å²) in [6.45, 7) is 7.21. The van der Waals surface area contributed by atoms with Crippen LogP contribution in [0.1, 0.15) is 36.7 Å². The van der Waals surface area contributed by atoms with E-state index in [-0.39, 0.29) is 11.9 Å². The molecule has 3 heterocycles. The third-order valence-electron chi connectivity index (χ3n) is 4.15. The minimum absolute atomic E-state index is 0.0912. The molecule has 3 rings (SSSR count). The Hall–Kier alpha value is -2.28. The van der Waals surface area contributed by atoms with Gasteiger partial charge in [-0.2, -0.15) is 0 Å². The molecule has 1 N–H and O–H groups in total. The largest absolute Gasteiger partial charge is 0.360 e. The van der Waals surface area contributed by atoms with E-state index in [1.54, 1.807) is 13.0 Å². The second-order valence-corrected chi connectivity index (χ2v) is 5.82. The zero-order valence-corrected chi connectivity index (χ0v) is 13.7. The number of nitrogens with zero attached hydrogens (tertiary/aromatic N) is 4. The van der Waals surface area contributed by atoms with E-state index in [2.05, 4.69) is 25.3 Å². The van der Waals surface area contributed by atoms with Crippen LogP contribution in [0.25, 0.3) is 0 Å². The first-order valence-corrected chi connectivity index (χ1v) is 7.88. The Bertz CT molecular complexity index is 712. The standard InChI is InChI=1S/C16H21N5O2/c1-4-14-17-8-12-5-6-21(9-13(12)18-14)11(3)16(22)19-15-7-10(2)23-20-15/h7-8,11H,4-6,9H2,1-3H3,(H,19,20,22)/t11-/m1/s1.